The standard InChI is InChI=1S/C22H27Cl2N3O4S/c1-5-20(22(29)25-3)26(13-16-8-6-15(2)7-9-16)21(28)14-27(32(4,30)31)19-11-17(23)10-18(24)12-19/h6-12,20H,5,13-14H2,1-4H3,(H,25,29). The van der Waals surface area contributed by atoms with Crippen molar-refractivity contribution in [3.8, 4) is 0 Å². The molecule has 10 heteroatoms. The van der Waals surface area contributed by atoms with E-state index in [1.165, 1.54) is 30.1 Å². The molecule has 0 aliphatic rings. The predicted octanol–water partition coefficient (Wildman–Crippen LogP) is 3.62. The SMILES string of the molecule is CCC(C(=O)NC)N(Cc1ccc(C)cc1)C(=O)CN(c1cc(Cl)cc(Cl)c1)S(C)(=O)=O. The number of nitrogens with one attached hydrogen (secondary N) is 1. The van der Waals surface area contributed by atoms with Crippen LogP contribution in [0.2, 0.25) is 10.0 Å². The molecule has 0 fully saturated rings. The number of carbonyl (C=O) groups is 2. The van der Waals surface area contributed by atoms with Gasteiger partial charge in [-0.05, 0) is 37.1 Å². The molecule has 0 spiro atoms. The maximum absolute atomic E-state index is 13.4. The number of carbonyl (C=O) groups excluding carboxylic acids is 2. The van der Waals surface area contributed by atoms with Crippen LogP contribution < -0.4 is 9.62 Å². The van der Waals surface area contributed by atoms with E-state index in [9.17, 15) is 18.0 Å². The quantitative estimate of drug-likeness (QED) is 0.570. The molecule has 0 aromatic heterocycles. The lowest BCUT2D eigenvalue weighted by atomic mass is 10.1. The number of sulfonamides is 1. The van der Waals surface area contributed by atoms with Crippen molar-refractivity contribution < 1.29 is 18.0 Å². The van der Waals surface area contributed by atoms with Crippen LogP contribution in [0.4, 0.5) is 5.69 Å². The summed E-state index contributed by atoms with van der Waals surface area (Å²) in [5, 5.41) is 3.05. The number of aryl methyl sites for hydroxylation is 1. The average molecular weight is 500 g/mol. The van der Waals surface area contributed by atoms with Crippen molar-refractivity contribution in [2.45, 2.75) is 32.9 Å². The first-order chi connectivity index (χ1) is 15.0. The zero-order valence-electron chi connectivity index (χ0n) is 18.4. The highest BCUT2D eigenvalue weighted by Gasteiger charge is 2.31. The topological polar surface area (TPSA) is 86.8 Å². The Morgan fingerprint density at radius 2 is 1.62 bits per heavy atom. The molecule has 32 heavy (non-hydrogen) atoms. The minimum atomic E-state index is -3.85. The monoisotopic (exact) mass is 499 g/mol. The molecule has 0 heterocycles. The van der Waals surface area contributed by atoms with Crippen molar-refractivity contribution in [2.75, 3.05) is 24.2 Å². The number of halogens is 2. The first kappa shape index (κ1) is 26.0. The van der Waals surface area contributed by atoms with Gasteiger partial charge in [0.05, 0.1) is 11.9 Å². The van der Waals surface area contributed by atoms with E-state index in [0.29, 0.717) is 6.42 Å². The van der Waals surface area contributed by atoms with E-state index in [2.05, 4.69) is 5.32 Å². The first-order valence-corrected chi connectivity index (χ1v) is 12.6. The number of amides is 2. The van der Waals surface area contributed by atoms with Crippen LogP contribution in [0.5, 0.6) is 0 Å². The highest BCUT2D eigenvalue weighted by Crippen LogP contribution is 2.27. The number of likely N-dealkylation sites (N-methyl/N-ethyl adjacent to an activating group) is 1. The van der Waals surface area contributed by atoms with E-state index in [1.54, 1.807) is 6.92 Å². The fourth-order valence-corrected chi connectivity index (χ4v) is 4.62. The van der Waals surface area contributed by atoms with Crippen molar-refractivity contribution in [2.24, 2.45) is 0 Å². The van der Waals surface area contributed by atoms with Gasteiger partial charge in [-0.25, -0.2) is 8.42 Å². The number of hydrogen-bond donors (Lipinski definition) is 1. The summed E-state index contributed by atoms with van der Waals surface area (Å²) in [6.45, 7) is 3.39. The lowest BCUT2D eigenvalue weighted by molar-refractivity contribution is -0.140. The lowest BCUT2D eigenvalue weighted by Crippen LogP contribution is -2.51. The summed E-state index contributed by atoms with van der Waals surface area (Å²) >= 11 is 12.1. The Morgan fingerprint density at radius 1 is 1.06 bits per heavy atom. The van der Waals surface area contributed by atoms with Gasteiger partial charge in [-0.3, -0.25) is 13.9 Å². The highest BCUT2D eigenvalue weighted by molar-refractivity contribution is 7.92. The summed E-state index contributed by atoms with van der Waals surface area (Å²) in [6, 6.07) is 11.1. The smallest absolute Gasteiger partial charge is 0.244 e. The summed E-state index contributed by atoms with van der Waals surface area (Å²) in [7, 11) is -2.35. The third-order valence-electron chi connectivity index (χ3n) is 4.92. The van der Waals surface area contributed by atoms with Crippen LogP contribution in [-0.4, -0.2) is 51.0 Å². The third kappa shape index (κ3) is 6.85. The summed E-state index contributed by atoms with van der Waals surface area (Å²) in [5.41, 5.74) is 2.05. The number of nitrogens with zero attached hydrogens (tertiary/aromatic N) is 2. The van der Waals surface area contributed by atoms with Gasteiger partial charge < -0.3 is 10.2 Å². The van der Waals surface area contributed by atoms with Crippen LogP contribution in [0.1, 0.15) is 24.5 Å². The molecule has 2 aromatic rings. The summed E-state index contributed by atoms with van der Waals surface area (Å²) in [4.78, 5) is 27.3. The molecule has 2 rings (SSSR count). The first-order valence-electron chi connectivity index (χ1n) is 9.96. The molecular weight excluding hydrogens is 473 g/mol. The summed E-state index contributed by atoms with van der Waals surface area (Å²) in [6.07, 6.45) is 1.36. The van der Waals surface area contributed by atoms with Gasteiger partial charge in [-0.1, -0.05) is 60.0 Å². The van der Waals surface area contributed by atoms with E-state index in [4.69, 9.17) is 23.2 Å². The van der Waals surface area contributed by atoms with Crippen molar-refractivity contribution in [1.82, 2.24) is 10.2 Å². The van der Waals surface area contributed by atoms with Gasteiger partial charge >= 0.3 is 0 Å². The Hall–Kier alpha value is -2.29. The van der Waals surface area contributed by atoms with Crippen molar-refractivity contribution in [3.63, 3.8) is 0 Å². The molecule has 0 saturated heterocycles. The molecule has 0 aliphatic heterocycles. The number of rotatable bonds is 9. The normalized spacial score (nSPS) is 12.2. The predicted molar refractivity (Wildman–Crippen MR) is 129 cm³/mol. The highest BCUT2D eigenvalue weighted by atomic mass is 35.5. The minimum absolute atomic E-state index is 0.152. The zero-order chi connectivity index (χ0) is 24.1. The molecule has 1 unspecified atom stereocenters. The van der Waals surface area contributed by atoms with Crippen LogP contribution in [0.15, 0.2) is 42.5 Å². The van der Waals surface area contributed by atoms with E-state index in [1.807, 2.05) is 31.2 Å². The molecule has 0 radical (unpaired) electrons. The molecule has 2 amide bonds. The maximum Gasteiger partial charge on any atom is 0.244 e. The summed E-state index contributed by atoms with van der Waals surface area (Å²) in [5.74, 6) is -0.854. The second-order valence-corrected chi connectivity index (χ2v) is 10.2. The van der Waals surface area contributed by atoms with Gasteiger partial charge in [0.1, 0.15) is 12.6 Å². The molecule has 1 N–H and O–H groups in total. The fourth-order valence-electron chi connectivity index (χ4n) is 3.27. The maximum atomic E-state index is 13.4. The third-order valence-corrected chi connectivity index (χ3v) is 6.50. The van der Waals surface area contributed by atoms with Crippen LogP contribution in [0, 0.1) is 6.92 Å². The number of anilines is 1. The number of hydrogen-bond acceptors (Lipinski definition) is 4. The second-order valence-electron chi connectivity index (χ2n) is 7.44. The largest absolute Gasteiger partial charge is 0.357 e. The van der Waals surface area contributed by atoms with Gasteiger partial charge in [-0.15, -0.1) is 0 Å². The lowest BCUT2D eigenvalue weighted by Gasteiger charge is -2.32. The van der Waals surface area contributed by atoms with E-state index >= 15 is 0 Å². The Morgan fingerprint density at radius 3 is 2.09 bits per heavy atom. The summed E-state index contributed by atoms with van der Waals surface area (Å²) < 4.78 is 26.0. The molecule has 7 nitrogen and oxygen atoms in total. The van der Waals surface area contributed by atoms with Gasteiger partial charge in [0.2, 0.25) is 21.8 Å². The minimum Gasteiger partial charge on any atom is -0.357 e. The zero-order valence-corrected chi connectivity index (χ0v) is 20.8. The average Bonchev–Trinajstić information content (AvgIpc) is 2.71. The van der Waals surface area contributed by atoms with E-state index < -0.39 is 28.5 Å². The molecule has 0 aliphatic carbocycles. The van der Waals surface area contributed by atoms with Gasteiger partial charge in [0, 0.05) is 23.6 Å². The van der Waals surface area contributed by atoms with E-state index in [-0.39, 0.29) is 28.2 Å². The van der Waals surface area contributed by atoms with Gasteiger partial charge in [0.15, 0.2) is 0 Å². The Labute approximate surface area is 199 Å². The van der Waals surface area contributed by atoms with E-state index in [0.717, 1.165) is 21.7 Å². The number of benzene rings is 2. The molecule has 0 bridgehead atoms. The van der Waals surface area contributed by atoms with Crippen LogP contribution in [-0.2, 0) is 26.2 Å². The Balaban J connectivity index is 2.45. The van der Waals surface area contributed by atoms with Crippen LogP contribution in [0.3, 0.4) is 0 Å². The van der Waals surface area contributed by atoms with Gasteiger partial charge in [-0.2, -0.15) is 0 Å². The molecule has 1 atom stereocenters. The van der Waals surface area contributed by atoms with Crippen molar-refractivity contribution in [1.29, 1.82) is 0 Å². The van der Waals surface area contributed by atoms with Crippen LogP contribution >= 0.6 is 23.2 Å². The van der Waals surface area contributed by atoms with Crippen molar-refractivity contribution in [3.05, 3.63) is 63.6 Å². The Kier molecular flexibility index (Phi) is 8.95. The van der Waals surface area contributed by atoms with Gasteiger partial charge in [0.25, 0.3) is 0 Å². The Bertz CT molecular complexity index is 1050. The molecule has 2 aromatic carbocycles. The molecular formula is C22H27Cl2N3O4S. The fraction of sp³-hybridized carbons (Fsp3) is 0.364. The molecule has 0 saturated carbocycles. The molecule has 174 valence electrons. The second kappa shape index (κ2) is 11.0. The van der Waals surface area contributed by atoms with Crippen LogP contribution in [0.25, 0.3) is 0 Å². The van der Waals surface area contributed by atoms with Crippen molar-refractivity contribution >= 4 is 50.7 Å².